The van der Waals surface area contributed by atoms with Crippen molar-refractivity contribution in [3.05, 3.63) is 39.8 Å². The molecule has 2 aliphatic heterocycles. The minimum Gasteiger partial charge on any atom is -0.355 e. The Bertz CT molecular complexity index is 1030. The highest BCUT2D eigenvalue weighted by molar-refractivity contribution is 7.15. The second-order valence-corrected chi connectivity index (χ2v) is 10.4. The molecule has 1 aromatic heterocycles. The van der Waals surface area contributed by atoms with Gasteiger partial charge in [0.2, 0.25) is 15.9 Å². The van der Waals surface area contributed by atoms with E-state index >= 15 is 0 Å². The molecular formula is C25H34N6O3S. The lowest BCUT2D eigenvalue weighted by molar-refractivity contribution is -0.126. The van der Waals surface area contributed by atoms with Crippen molar-refractivity contribution in [2.24, 2.45) is 5.92 Å². The summed E-state index contributed by atoms with van der Waals surface area (Å²) in [5, 5.41) is 14.0. The van der Waals surface area contributed by atoms with Crippen molar-refractivity contribution in [3.63, 3.8) is 0 Å². The van der Waals surface area contributed by atoms with E-state index in [0.29, 0.717) is 44.2 Å². The van der Waals surface area contributed by atoms with Gasteiger partial charge in [-0.2, -0.15) is 0 Å². The quantitative estimate of drug-likeness (QED) is 0.608. The Balaban J connectivity index is 1.21. The zero-order chi connectivity index (χ0) is 24.8. The Morgan fingerprint density at radius 3 is 2.43 bits per heavy atom. The van der Waals surface area contributed by atoms with Crippen LogP contribution in [-0.4, -0.2) is 76.5 Å². The maximum absolute atomic E-state index is 12.9. The molecule has 0 spiro atoms. The van der Waals surface area contributed by atoms with Gasteiger partial charge >= 0.3 is 0 Å². The van der Waals surface area contributed by atoms with Gasteiger partial charge in [0, 0.05) is 43.8 Å². The average molecular weight is 499 g/mol. The van der Waals surface area contributed by atoms with E-state index in [1.165, 1.54) is 19.3 Å². The Morgan fingerprint density at radius 2 is 1.71 bits per heavy atom. The van der Waals surface area contributed by atoms with Gasteiger partial charge < -0.3 is 15.5 Å². The molecule has 10 heteroatoms. The molecule has 0 saturated carbocycles. The number of piperidine rings is 2. The monoisotopic (exact) mass is 498 g/mol. The van der Waals surface area contributed by atoms with Gasteiger partial charge in [-0.25, -0.2) is 0 Å². The Morgan fingerprint density at radius 1 is 1.00 bits per heavy atom. The number of hydrogen-bond acceptors (Lipinski definition) is 7. The summed E-state index contributed by atoms with van der Waals surface area (Å²) in [7, 11) is 0. The van der Waals surface area contributed by atoms with Gasteiger partial charge in [0.25, 0.3) is 11.8 Å². The van der Waals surface area contributed by atoms with E-state index in [1.54, 1.807) is 4.90 Å². The maximum Gasteiger partial charge on any atom is 0.286 e. The number of anilines is 1. The zero-order valence-electron chi connectivity index (χ0n) is 20.5. The number of carbonyl (C=O) groups is 3. The van der Waals surface area contributed by atoms with Crippen molar-refractivity contribution < 1.29 is 14.4 Å². The van der Waals surface area contributed by atoms with Crippen molar-refractivity contribution in [2.75, 3.05) is 38.0 Å². The Labute approximate surface area is 210 Å². The van der Waals surface area contributed by atoms with Crippen LogP contribution in [0.15, 0.2) is 24.3 Å². The van der Waals surface area contributed by atoms with Crippen LogP contribution in [0.5, 0.6) is 0 Å². The van der Waals surface area contributed by atoms with E-state index in [-0.39, 0.29) is 33.7 Å². The average Bonchev–Trinajstić information content (AvgIpc) is 3.37. The summed E-state index contributed by atoms with van der Waals surface area (Å²) in [4.78, 5) is 42.1. The lowest BCUT2D eigenvalue weighted by atomic mass is 9.96. The lowest BCUT2D eigenvalue weighted by Gasteiger charge is -2.34. The number of aromatic nitrogens is 2. The lowest BCUT2D eigenvalue weighted by Crippen LogP contribution is -2.46. The normalized spacial score (nSPS) is 19.4. The van der Waals surface area contributed by atoms with Crippen molar-refractivity contribution in [2.45, 2.75) is 52.0 Å². The second kappa shape index (κ2) is 11.7. The van der Waals surface area contributed by atoms with Crippen LogP contribution in [0.1, 0.15) is 64.2 Å². The molecular weight excluding hydrogens is 464 g/mol. The summed E-state index contributed by atoms with van der Waals surface area (Å²) in [6, 6.07) is 8.03. The first kappa shape index (κ1) is 25.2. The third-order valence-electron chi connectivity index (χ3n) is 6.90. The zero-order valence-corrected chi connectivity index (χ0v) is 21.3. The third kappa shape index (κ3) is 6.64. The van der Waals surface area contributed by atoms with Gasteiger partial charge in [0.1, 0.15) is 0 Å². The van der Waals surface area contributed by atoms with Crippen LogP contribution >= 0.6 is 11.3 Å². The fourth-order valence-electron chi connectivity index (χ4n) is 4.66. The molecule has 0 radical (unpaired) electrons. The summed E-state index contributed by atoms with van der Waals surface area (Å²) in [5.41, 5.74) is 1.76. The van der Waals surface area contributed by atoms with Crippen LogP contribution in [-0.2, 0) is 4.79 Å². The summed E-state index contributed by atoms with van der Waals surface area (Å²) < 4.78 is 0. The molecule has 0 bridgehead atoms. The molecule has 2 saturated heterocycles. The van der Waals surface area contributed by atoms with Crippen LogP contribution in [0, 0.1) is 12.8 Å². The van der Waals surface area contributed by atoms with Crippen LogP contribution in [0.25, 0.3) is 0 Å². The molecule has 188 valence electrons. The number of nitrogens with zero attached hydrogens (tertiary/aromatic N) is 4. The van der Waals surface area contributed by atoms with Crippen molar-refractivity contribution in [1.82, 2.24) is 25.3 Å². The summed E-state index contributed by atoms with van der Waals surface area (Å²) in [6.07, 6.45) is 5.00. The van der Waals surface area contributed by atoms with Gasteiger partial charge in [0.15, 0.2) is 0 Å². The number of rotatable bonds is 7. The molecule has 9 nitrogen and oxygen atoms in total. The molecule has 3 amide bonds. The van der Waals surface area contributed by atoms with Gasteiger partial charge in [-0.1, -0.05) is 35.5 Å². The van der Waals surface area contributed by atoms with Crippen LogP contribution in [0.2, 0.25) is 0 Å². The molecule has 2 aromatic rings. The van der Waals surface area contributed by atoms with Gasteiger partial charge in [0.05, 0.1) is 0 Å². The van der Waals surface area contributed by atoms with Crippen LogP contribution in [0.3, 0.4) is 0 Å². The molecule has 2 fully saturated rings. The van der Waals surface area contributed by atoms with Gasteiger partial charge in [-0.15, -0.1) is 10.2 Å². The SMILES string of the molecule is Cc1ccc(NC(=O)c2nnc(C(=O)N3CCC(C(=O)NCCN4CCCC[C@H]4C)CC3)s2)cc1. The number of carbonyl (C=O) groups excluding carboxylic acids is 3. The number of nitrogens with one attached hydrogen (secondary N) is 2. The van der Waals surface area contributed by atoms with E-state index in [1.807, 2.05) is 31.2 Å². The number of amides is 3. The predicted molar refractivity (Wildman–Crippen MR) is 136 cm³/mol. The molecule has 1 atom stereocenters. The predicted octanol–water partition coefficient (Wildman–Crippen LogP) is 2.94. The summed E-state index contributed by atoms with van der Waals surface area (Å²) in [5.74, 6) is -0.634. The molecule has 0 unspecified atom stereocenters. The topological polar surface area (TPSA) is 108 Å². The number of hydrogen-bond donors (Lipinski definition) is 2. The molecule has 3 heterocycles. The van der Waals surface area contributed by atoms with E-state index in [4.69, 9.17) is 0 Å². The number of likely N-dealkylation sites (tertiary alicyclic amines) is 2. The Kier molecular flexibility index (Phi) is 8.46. The maximum atomic E-state index is 12.9. The van der Waals surface area contributed by atoms with Crippen molar-refractivity contribution in [1.29, 1.82) is 0 Å². The number of aryl methyl sites for hydroxylation is 1. The molecule has 0 aliphatic carbocycles. The first-order valence-corrected chi connectivity index (χ1v) is 13.2. The highest BCUT2D eigenvalue weighted by Crippen LogP contribution is 2.21. The highest BCUT2D eigenvalue weighted by atomic mass is 32.1. The van der Waals surface area contributed by atoms with Gasteiger partial charge in [-0.05, 0) is 58.2 Å². The molecule has 2 aliphatic rings. The fourth-order valence-corrected chi connectivity index (χ4v) is 5.37. The van der Waals surface area contributed by atoms with E-state index < -0.39 is 0 Å². The fraction of sp³-hybridized carbons (Fsp3) is 0.560. The molecule has 2 N–H and O–H groups in total. The molecule has 35 heavy (non-hydrogen) atoms. The van der Waals surface area contributed by atoms with Crippen LogP contribution < -0.4 is 10.6 Å². The second-order valence-electron chi connectivity index (χ2n) is 9.47. The standard InChI is InChI=1S/C25H34N6O3S/c1-17-6-8-20(9-7-17)27-22(33)23-28-29-24(35-23)25(34)31-14-10-19(11-15-31)21(32)26-12-16-30-13-4-3-5-18(30)2/h6-9,18-19H,3-5,10-16H2,1-2H3,(H,26,32)(H,27,33)/t18-/m1/s1. The smallest absolute Gasteiger partial charge is 0.286 e. The molecule has 4 rings (SSSR count). The first-order chi connectivity index (χ1) is 16.9. The summed E-state index contributed by atoms with van der Waals surface area (Å²) in [6.45, 7) is 7.88. The van der Waals surface area contributed by atoms with E-state index in [9.17, 15) is 14.4 Å². The van der Waals surface area contributed by atoms with Crippen molar-refractivity contribution in [3.8, 4) is 0 Å². The third-order valence-corrected chi connectivity index (χ3v) is 7.81. The van der Waals surface area contributed by atoms with E-state index in [0.717, 1.165) is 30.0 Å². The minimum atomic E-state index is -0.389. The first-order valence-electron chi connectivity index (χ1n) is 12.4. The minimum absolute atomic E-state index is 0.0766. The van der Waals surface area contributed by atoms with Gasteiger partial charge in [-0.3, -0.25) is 19.3 Å². The van der Waals surface area contributed by atoms with Crippen molar-refractivity contribution >= 4 is 34.7 Å². The summed E-state index contributed by atoms with van der Waals surface area (Å²) >= 11 is 0.988. The largest absolute Gasteiger partial charge is 0.355 e. The number of benzene rings is 1. The van der Waals surface area contributed by atoms with E-state index in [2.05, 4.69) is 32.7 Å². The van der Waals surface area contributed by atoms with Crippen LogP contribution in [0.4, 0.5) is 5.69 Å². The molecule has 1 aromatic carbocycles. The highest BCUT2D eigenvalue weighted by Gasteiger charge is 2.30. The Hall–Kier alpha value is -2.85.